The van der Waals surface area contributed by atoms with Crippen LogP contribution in [0.2, 0.25) is 0 Å². The molecule has 1 N–H and O–H groups in total. The minimum absolute atomic E-state index is 0.214. The molecule has 0 unspecified atom stereocenters. The van der Waals surface area contributed by atoms with Gasteiger partial charge in [0.05, 0.1) is 18.4 Å². The van der Waals surface area contributed by atoms with Crippen LogP contribution < -0.4 is 20.4 Å². The first kappa shape index (κ1) is 25.5. The molecular formula is C28H33NO7. The largest absolute Gasteiger partial charge is 0.497 e. The molecule has 0 radical (unpaired) electrons. The van der Waals surface area contributed by atoms with Gasteiger partial charge in [-0.25, -0.2) is 9.59 Å². The van der Waals surface area contributed by atoms with Gasteiger partial charge in [-0.1, -0.05) is 0 Å². The van der Waals surface area contributed by atoms with Crippen LogP contribution in [0.15, 0.2) is 39.5 Å². The summed E-state index contributed by atoms with van der Waals surface area (Å²) in [5, 5.41) is 4.77. The third-order valence-corrected chi connectivity index (χ3v) is 6.61. The Morgan fingerprint density at radius 1 is 1.03 bits per heavy atom. The Balaban J connectivity index is 1.41. The Kier molecular flexibility index (Phi) is 7.24. The fraction of sp³-hybridized carbons (Fsp3) is 0.464. The molecule has 0 aliphatic heterocycles. The molecule has 1 heterocycles. The highest BCUT2D eigenvalue weighted by Gasteiger charge is 2.29. The molecule has 2 aromatic carbocycles. The summed E-state index contributed by atoms with van der Waals surface area (Å²) in [7, 11) is 1.54. The summed E-state index contributed by atoms with van der Waals surface area (Å²) in [5.41, 5.74) is 0.00218. The van der Waals surface area contributed by atoms with Gasteiger partial charge in [0.1, 0.15) is 22.7 Å². The lowest BCUT2D eigenvalue weighted by atomic mass is 9.82. The van der Waals surface area contributed by atoms with Crippen molar-refractivity contribution < 1.29 is 28.2 Å². The van der Waals surface area contributed by atoms with Crippen molar-refractivity contribution in [2.24, 2.45) is 11.8 Å². The molecule has 36 heavy (non-hydrogen) atoms. The molecule has 1 aliphatic rings. The Morgan fingerprint density at radius 3 is 2.39 bits per heavy atom. The van der Waals surface area contributed by atoms with E-state index in [0.29, 0.717) is 53.3 Å². The van der Waals surface area contributed by atoms with E-state index in [1.165, 1.54) is 0 Å². The van der Waals surface area contributed by atoms with Gasteiger partial charge in [0.25, 0.3) is 0 Å². The SMILES string of the molecule is COc1ccc2c(c1)c(=O)oc1c(C)c(OC(=O)C3CCC(CNC(=O)OC(C)(C)C)CC3)ccc12. The van der Waals surface area contributed by atoms with E-state index in [1.54, 1.807) is 32.2 Å². The number of amides is 1. The van der Waals surface area contributed by atoms with E-state index >= 15 is 0 Å². The summed E-state index contributed by atoms with van der Waals surface area (Å²) in [6.45, 7) is 7.79. The van der Waals surface area contributed by atoms with Crippen molar-refractivity contribution in [1.29, 1.82) is 0 Å². The van der Waals surface area contributed by atoms with E-state index in [4.69, 9.17) is 18.6 Å². The van der Waals surface area contributed by atoms with E-state index in [9.17, 15) is 14.4 Å². The van der Waals surface area contributed by atoms with Crippen molar-refractivity contribution in [3.8, 4) is 11.5 Å². The minimum atomic E-state index is -0.532. The van der Waals surface area contributed by atoms with E-state index in [1.807, 2.05) is 32.9 Å². The molecular weight excluding hydrogens is 462 g/mol. The van der Waals surface area contributed by atoms with Crippen LogP contribution in [0, 0.1) is 18.8 Å². The Bertz CT molecular complexity index is 1340. The second-order valence-corrected chi connectivity index (χ2v) is 10.4. The molecule has 1 aliphatic carbocycles. The lowest BCUT2D eigenvalue weighted by molar-refractivity contribution is -0.140. The summed E-state index contributed by atoms with van der Waals surface area (Å²) in [4.78, 5) is 37.4. The third-order valence-electron chi connectivity index (χ3n) is 6.61. The number of aryl methyl sites for hydroxylation is 1. The number of hydrogen-bond acceptors (Lipinski definition) is 7. The second-order valence-electron chi connectivity index (χ2n) is 10.4. The summed E-state index contributed by atoms with van der Waals surface area (Å²) in [5.74, 6) is 0.756. The van der Waals surface area contributed by atoms with Crippen LogP contribution in [-0.2, 0) is 9.53 Å². The summed E-state index contributed by atoms with van der Waals surface area (Å²) in [6.07, 6.45) is 2.59. The summed E-state index contributed by atoms with van der Waals surface area (Å²) in [6, 6.07) is 8.83. The number of esters is 1. The summed E-state index contributed by atoms with van der Waals surface area (Å²) >= 11 is 0. The van der Waals surface area contributed by atoms with Crippen LogP contribution in [0.1, 0.15) is 52.0 Å². The Hall–Kier alpha value is -3.55. The standard InChI is InChI=1S/C28H33NO7/c1-16-23(13-12-21-20-11-10-19(33-5)14-22(20)26(31)35-24(16)21)34-25(30)18-8-6-17(7-9-18)15-29-27(32)36-28(2,3)4/h10-14,17-18H,6-9,15H2,1-5H3,(H,29,32). The maximum atomic E-state index is 12.9. The molecule has 192 valence electrons. The molecule has 0 atom stereocenters. The monoisotopic (exact) mass is 495 g/mol. The number of carbonyl (C=O) groups is 2. The number of fused-ring (bicyclic) bond motifs is 3. The number of hydrogen-bond donors (Lipinski definition) is 1. The highest BCUT2D eigenvalue weighted by atomic mass is 16.6. The first-order valence-electron chi connectivity index (χ1n) is 12.3. The van der Waals surface area contributed by atoms with Crippen molar-refractivity contribution in [1.82, 2.24) is 5.32 Å². The average molecular weight is 496 g/mol. The topological polar surface area (TPSA) is 104 Å². The first-order chi connectivity index (χ1) is 17.1. The van der Waals surface area contributed by atoms with Gasteiger partial charge in [-0.3, -0.25) is 4.79 Å². The molecule has 4 rings (SSSR count). The van der Waals surface area contributed by atoms with Gasteiger partial charge in [-0.05, 0) is 89.6 Å². The van der Waals surface area contributed by atoms with Gasteiger partial charge >= 0.3 is 17.7 Å². The Labute approximate surface area is 209 Å². The lowest BCUT2D eigenvalue weighted by Crippen LogP contribution is -2.36. The lowest BCUT2D eigenvalue weighted by Gasteiger charge is -2.28. The van der Waals surface area contributed by atoms with E-state index in [-0.39, 0.29) is 11.9 Å². The molecule has 0 saturated heterocycles. The van der Waals surface area contributed by atoms with E-state index < -0.39 is 17.3 Å². The van der Waals surface area contributed by atoms with Gasteiger partial charge in [0.2, 0.25) is 0 Å². The number of methoxy groups -OCH3 is 1. The normalized spacial score (nSPS) is 18.1. The van der Waals surface area contributed by atoms with Crippen molar-refractivity contribution in [3.63, 3.8) is 0 Å². The van der Waals surface area contributed by atoms with Gasteiger partial charge < -0.3 is 23.9 Å². The average Bonchev–Trinajstić information content (AvgIpc) is 2.84. The van der Waals surface area contributed by atoms with Crippen LogP contribution in [0.5, 0.6) is 11.5 Å². The maximum absolute atomic E-state index is 12.9. The molecule has 8 heteroatoms. The first-order valence-corrected chi connectivity index (χ1v) is 12.3. The second kappa shape index (κ2) is 10.2. The Morgan fingerprint density at radius 2 is 1.72 bits per heavy atom. The summed E-state index contributed by atoms with van der Waals surface area (Å²) < 4.78 is 21.9. The molecule has 8 nitrogen and oxygen atoms in total. The van der Waals surface area contributed by atoms with Crippen LogP contribution in [0.4, 0.5) is 4.79 Å². The van der Waals surface area contributed by atoms with Crippen LogP contribution in [0.3, 0.4) is 0 Å². The minimum Gasteiger partial charge on any atom is -0.497 e. The zero-order valence-electron chi connectivity index (χ0n) is 21.4. The molecule has 1 aromatic heterocycles. The quantitative estimate of drug-likeness (QED) is 0.216. The van der Waals surface area contributed by atoms with Gasteiger partial charge in [-0.2, -0.15) is 0 Å². The highest BCUT2D eigenvalue weighted by molar-refractivity contribution is 6.06. The zero-order chi connectivity index (χ0) is 26.0. The fourth-order valence-corrected chi connectivity index (χ4v) is 4.67. The van der Waals surface area contributed by atoms with Gasteiger partial charge in [-0.15, -0.1) is 0 Å². The van der Waals surface area contributed by atoms with Crippen molar-refractivity contribution in [2.75, 3.05) is 13.7 Å². The smallest absolute Gasteiger partial charge is 0.407 e. The number of nitrogens with one attached hydrogen (secondary N) is 1. The number of benzene rings is 2. The van der Waals surface area contributed by atoms with Crippen molar-refractivity contribution in [2.45, 2.75) is 59.0 Å². The van der Waals surface area contributed by atoms with E-state index in [2.05, 4.69) is 5.32 Å². The van der Waals surface area contributed by atoms with Crippen molar-refractivity contribution in [3.05, 3.63) is 46.3 Å². The third kappa shape index (κ3) is 5.64. The van der Waals surface area contributed by atoms with Crippen LogP contribution in [0.25, 0.3) is 21.7 Å². The fourth-order valence-electron chi connectivity index (χ4n) is 4.67. The molecule has 1 amide bonds. The molecule has 0 bridgehead atoms. The molecule has 1 saturated carbocycles. The molecule has 3 aromatic rings. The molecule has 1 fully saturated rings. The number of carbonyl (C=O) groups excluding carboxylic acids is 2. The maximum Gasteiger partial charge on any atom is 0.407 e. The van der Waals surface area contributed by atoms with Crippen molar-refractivity contribution >= 4 is 33.8 Å². The number of ether oxygens (including phenoxy) is 3. The van der Waals surface area contributed by atoms with Gasteiger partial charge in [0, 0.05) is 22.9 Å². The van der Waals surface area contributed by atoms with E-state index in [0.717, 1.165) is 23.6 Å². The number of alkyl carbamates (subject to hydrolysis) is 1. The zero-order valence-corrected chi connectivity index (χ0v) is 21.4. The molecule has 0 spiro atoms. The number of rotatable bonds is 5. The van der Waals surface area contributed by atoms with Crippen LogP contribution in [-0.4, -0.2) is 31.3 Å². The van der Waals surface area contributed by atoms with Gasteiger partial charge in [0.15, 0.2) is 0 Å². The predicted molar refractivity (Wildman–Crippen MR) is 137 cm³/mol. The predicted octanol–water partition coefficient (Wildman–Crippen LogP) is 5.50. The highest BCUT2D eigenvalue weighted by Crippen LogP contribution is 2.34. The van der Waals surface area contributed by atoms with Crippen LogP contribution >= 0.6 is 0 Å².